The van der Waals surface area contributed by atoms with E-state index in [0.717, 1.165) is 11.1 Å². The molecule has 1 aromatic rings. The Labute approximate surface area is 144 Å². The largest absolute Gasteiger partial charge is 0.404 e. The molecule has 0 aliphatic carbocycles. The van der Waals surface area contributed by atoms with Gasteiger partial charge in [-0.3, -0.25) is 9.79 Å². The Morgan fingerprint density at radius 3 is 2.29 bits per heavy atom. The van der Waals surface area contributed by atoms with Crippen LogP contribution in [-0.4, -0.2) is 36.7 Å². The average molecular weight is 333 g/mol. The number of hydrogen-bond acceptors (Lipinski definition) is 3. The standard InChI is InChI=1S/C19H28FN3O/c1-13(2)12-23(15(4)24)19(17(10-21)11-22-5)14(3)16-6-8-18(20)9-7-16/h6-11,13-14,19H,12,21H2,1-5H3/t14-,19?/m0/s1. The van der Waals surface area contributed by atoms with Crippen molar-refractivity contribution in [1.29, 1.82) is 0 Å². The maximum absolute atomic E-state index is 13.2. The molecule has 0 spiro atoms. The van der Waals surface area contributed by atoms with Crippen LogP contribution in [0.3, 0.4) is 0 Å². The summed E-state index contributed by atoms with van der Waals surface area (Å²) in [4.78, 5) is 18.2. The predicted octanol–water partition coefficient (Wildman–Crippen LogP) is 3.35. The Balaban J connectivity index is 3.35. The van der Waals surface area contributed by atoms with Crippen molar-refractivity contribution < 1.29 is 9.18 Å². The van der Waals surface area contributed by atoms with Crippen molar-refractivity contribution in [2.75, 3.05) is 13.6 Å². The number of hydrogen-bond donors (Lipinski definition) is 1. The van der Waals surface area contributed by atoms with Crippen LogP contribution >= 0.6 is 0 Å². The minimum absolute atomic E-state index is 0.0217. The summed E-state index contributed by atoms with van der Waals surface area (Å²) in [6.07, 6.45) is 3.18. The monoisotopic (exact) mass is 333 g/mol. The fourth-order valence-electron chi connectivity index (χ4n) is 2.89. The van der Waals surface area contributed by atoms with Gasteiger partial charge in [0.25, 0.3) is 0 Å². The molecular formula is C19H28FN3O. The van der Waals surface area contributed by atoms with Gasteiger partial charge in [0, 0.05) is 44.4 Å². The molecule has 2 N–H and O–H groups in total. The lowest BCUT2D eigenvalue weighted by atomic mass is 9.87. The Bertz CT molecular complexity index is 593. The third kappa shape index (κ3) is 5.18. The summed E-state index contributed by atoms with van der Waals surface area (Å²) in [6.45, 7) is 8.32. The molecule has 24 heavy (non-hydrogen) atoms. The molecule has 0 saturated heterocycles. The highest BCUT2D eigenvalue weighted by molar-refractivity contribution is 5.83. The highest BCUT2D eigenvalue weighted by Gasteiger charge is 2.30. The molecule has 0 heterocycles. The summed E-state index contributed by atoms with van der Waals surface area (Å²) >= 11 is 0. The zero-order valence-electron chi connectivity index (χ0n) is 15.2. The van der Waals surface area contributed by atoms with Crippen molar-refractivity contribution in [3.8, 4) is 0 Å². The second-order valence-electron chi connectivity index (χ2n) is 6.40. The number of carbonyl (C=O) groups is 1. The average Bonchev–Trinajstić information content (AvgIpc) is 2.53. The lowest BCUT2D eigenvalue weighted by Gasteiger charge is -2.37. The maximum atomic E-state index is 13.2. The molecule has 0 aliphatic heterocycles. The van der Waals surface area contributed by atoms with Gasteiger partial charge in [-0.25, -0.2) is 4.39 Å². The minimum Gasteiger partial charge on any atom is -0.404 e. The van der Waals surface area contributed by atoms with Gasteiger partial charge in [0.1, 0.15) is 5.82 Å². The van der Waals surface area contributed by atoms with Crippen molar-refractivity contribution in [3.05, 3.63) is 47.4 Å². The number of nitrogens with two attached hydrogens (primary N) is 1. The molecule has 1 amide bonds. The van der Waals surface area contributed by atoms with Gasteiger partial charge in [0.15, 0.2) is 0 Å². The molecule has 0 aromatic heterocycles. The molecular weight excluding hydrogens is 305 g/mol. The van der Waals surface area contributed by atoms with E-state index in [1.807, 2.05) is 11.8 Å². The van der Waals surface area contributed by atoms with Crippen LogP contribution in [0.4, 0.5) is 4.39 Å². The van der Waals surface area contributed by atoms with E-state index in [1.54, 1.807) is 32.3 Å². The van der Waals surface area contributed by atoms with E-state index in [1.165, 1.54) is 18.3 Å². The minimum atomic E-state index is -0.280. The van der Waals surface area contributed by atoms with Crippen molar-refractivity contribution in [2.45, 2.75) is 39.7 Å². The number of benzene rings is 1. The van der Waals surface area contributed by atoms with Gasteiger partial charge < -0.3 is 10.6 Å². The van der Waals surface area contributed by atoms with Crippen LogP contribution in [-0.2, 0) is 4.79 Å². The Hall–Kier alpha value is -2.17. The number of nitrogens with zero attached hydrogens (tertiary/aromatic N) is 2. The molecule has 0 aliphatic rings. The van der Waals surface area contributed by atoms with Gasteiger partial charge in [-0.05, 0) is 23.6 Å². The summed E-state index contributed by atoms with van der Waals surface area (Å²) in [6, 6.07) is 6.10. The zero-order chi connectivity index (χ0) is 18.3. The lowest BCUT2D eigenvalue weighted by Crippen LogP contribution is -2.45. The molecule has 1 rings (SSSR count). The summed E-state index contributed by atoms with van der Waals surface area (Å²) in [7, 11) is 1.67. The maximum Gasteiger partial charge on any atom is 0.219 e. The van der Waals surface area contributed by atoms with Crippen LogP contribution in [0.1, 0.15) is 39.2 Å². The van der Waals surface area contributed by atoms with Gasteiger partial charge >= 0.3 is 0 Å². The van der Waals surface area contributed by atoms with Crippen LogP contribution in [0.25, 0.3) is 0 Å². The van der Waals surface area contributed by atoms with E-state index >= 15 is 0 Å². The smallest absolute Gasteiger partial charge is 0.219 e. The fourth-order valence-corrected chi connectivity index (χ4v) is 2.89. The third-order valence-electron chi connectivity index (χ3n) is 3.98. The first kappa shape index (κ1) is 19.9. The molecule has 4 nitrogen and oxygen atoms in total. The van der Waals surface area contributed by atoms with E-state index in [2.05, 4.69) is 18.8 Å². The first-order valence-electron chi connectivity index (χ1n) is 8.18. The van der Waals surface area contributed by atoms with Crippen LogP contribution in [0.15, 0.2) is 41.0 Å². The summed E-state index contributed by atoms with van der Waals surface area (Å²) < 4.78 is 13.2. The quantitative estimate of drug-likeness (QED) is 0.778. The molecule has 0 radical (unpaired) electrons. The highest BCUT2D eigenvalue weighted by Crippen LogP contribution is 2.28. The lowest BCUT2D eigenvalue weighted by molar-refractivity contribution is -0.131. The van der Waals surface area contributed by atoms with Crippen molar-refractivity contribution >= 4 is 12.1 Å². The topological polar surface area (TPSA) is 58.7 Å². The van der Waals surface area contributed by atoms with Crippen LogP contribution in [0.5, 0.6) is 0 Å². The summed E-state index contributed by atoms with van der Waals surface area (Å²) in [5.41, 5.74) is 7.53. The van der Waals surface area contributed by atoms with E-state index in [0.29, 0.717) is 12.5 Å². The van der Waals surface area contributed by atoms with Gasteiger partial charge in [0.05, 0.1) is 6.04 Å². The number of carbonyl (C=O) groups excluding carboxylic acids is 1. The highest BCUT2D eigenvalue weighted by atomic mass is 19.1. The zero-order valence-corrected chi connectivity index (χ0v) is 15.2. The van der Waals surface area contributed by atoms with E-state index in [4.69, 9.17) is 5.73 Å². The van der Waals surface area contributed by atoms with Crippen LogP contribution in [0.2, 0.25) is 0 Å². The van der Waals surface area contributed by atoms with Crippen molar-refractivity contribution in [2.24, 2.45) is 16.6 Å². The van der Waals surface area contributed by atoms with Crippen molar-refractivity contribution in [1.82, 2.24) is 4.90 Å². The second-order valence-corrected chi connectivity index (χ2v) is 6.40. The van der Waals surface area contributed by atoms with Crippen LogP contribution < -0.4 is 5.73 Å². The van der Waals surface area contributed by atoms with Crippen molar-refractivity contribution in [3.63, 3.8) is 0 Å². The first-order chi connectivity index (χ1) is 11.3. The number of rotatable bonds is 7. The molecule has 132 valence electrons. The van der Waals surface area contributed by atoms with Gasteiger partial charge in [0.2, 0.25) is 5.91 Å². The fraction of sp³-hybridized carbons (Fsp3) is 0.474. The molecule has 1 unspecified atom stereocenters. The molecule has 0 bridgehead atoms. The van der Waals surface area contributed by atoms with E-state index < -0.39 is 0 Å². The van der Waals surface area contributed by atoms with Gasteiger partial charge in [-0.15, -0.1) is 0 Å². The third-order valence-corrected chi connectivity index (χ3v) is 3.98. The molecule has 1 aromatic carbocycles. The summed E-state index contributed by atoms with van der Waals surface area (Å²) in [5.74, 6) is -0.0419. The molecule has 0 saturated carbocycles. The summed E-state index contributed by atoms with van der Waals surface area (Å²) in [5, 5.41) is 0. The normalized spacial score (nSPS) is 14.9. The van der Waals surface area contributed by atoms with E-state index in [9.17, 15) is 9.18 Å². The number of aliphatic imine (C=N–C) groups is 1. The SMILES string of the molecule is CN=CC(=CN)C([C@@H](C)c1ccc(F)cc1)N(CC(C)C)C(C)=O. The van der Waals surface area contributed by atoms with Gasteiger partial charge in [-0.1, -0.05) is 32.9 Å². The number of halogens is 1. The Morgan fingerprint density at radius 1 is 1.29 bits per heavy atom. The Morgan fingerprint density at radius 2 is 1.88 bits per heavy atom. The molecule has 0 fully saturated rings. The van der Waals surface area contributed by atoms with Crippen LogP contribution in [0, 0.1) is 11.7 Å². The Kier molecular flexibility index (Phi) is 7.62. The first-order valence-corrected chi connectivity index (χ1v) is 8.18. The molecule has 2 atom stereocenters. The van der Waals surface area contributed by atoms with Gasteiger partial charge in [-0.2, -0.15) is 0 Å². The second kappa shape index (κ2) is 9.21. The van der Waals surface area contributed by atoms with E-state index in [-0.39, 0.29) is 23.7 Å². The number of amides is 1. The predicted molar refractivity (Wildman–Crippen MR) is 97.5 cm³/mol. The molecule has 5 heteroatoms.